The Morgan fingerprint density at radius 1 is 1.06 bits per heavy atom. The van der Waals surface area contributed by atoms with E-state index >= 15 is 0 Å². The monoisotopic (exact) mass is 468 g/mol. The first-order valence-corrected chi connectivity index (χ1v) is 11.8. The number of nitrogens with zero attached hydrogens (tertiary/aromatic N) is 1. The molecule has 4 fully saturated rings. The van der Waals surface area contributed by atoms with E-state index in [1.807, 2.05) is 0 Å². The summed E-state index contributed by atoms with van der Waals surface area (Å²) in [6, 6.07) is 3.05. The number of carboxylic acids is 1. The minimum Gasteiger partial charge on any atom is -0.480 e. The highest BCUT2D eigenvalue weighted by molar-refractivity contribution is 6.23. The number of hydrogen-bond donors (Lipinski definition) is 2. The van der Waals surface area contributed by atoms with Crippen LogP contribution in [0.15, 0.2) is 18.2 Å². The van der Waals surface area contributed by atoms with Crippen molar-refractivity contribution in [3.05, 3.63) is 34.9 Å². The van der Waals surface area contributed by atoms with Gasteiger partial charge in [0.05, 0.1) is 23.3 Å². The van der Waals surface area contributed by atoms with Gasteiger partial charge in [0.2, 0.25) is 5.91 Å². The van der Waals surface area contributed by atoms with Crippen LogP contribution in [-0.4, -0.2) is 58.9 Å². The van der Waals surface area contributed by atoms with Crippen LogP contribution in [0.1, 0.15) is 76.5 Å². The molecule has 4 bridgehead atoms. The van der Waals surface area contributed by atoms with Gasteiger partial charge in [0, 0.05) is 5.41 Å². The first-order chi connectivity index (χ1) is 16.1. The highest BCUT2D eigenvalue weighted by Gasteiger charge is 2.51. The Labute approximate surface area is 196 Å². The van der Waals surface area contributed by atoms with E-state index < -0.39 is 42.2 Å². The zero-order valence-corrected chi connectivity index (χ0v) is 19.0. The molecule has 1 aromatic rings. The molecule has 1 heterocycles. The van der Waals surface area contributed by atoms with Gasteiger partial charge < -0.3 is 15.2 Å². The van der Waals surface area contributed by atoms with E-state index in [9.17, 15) is 24.0 Å². The van der Waals surface area contributed by atoms with Crippen LogP contribution in [-0.2, 0) is 14.3 Å². The number of nitrogens with one attached hydrogen (secondary N) is 1. The Morgan fingerprint density at radius 3 is 2.24 bits per heavy atom. The van der Waals surface area contributed by atoms with E-state index in [-0.39, 0.29) is 22.1 Å². The molecular weight excluding hydrogens is 440 g/mol. The van der Waals surface area contributed by atoms with Crippen molar-refractivity contribution >= 4 is 29.7 Å². The summed E-state index contributed by atoms with van der Waals surface area (Å²) in [7, 11) is 0. The number of fused-ring (bicyclic) bond motifs is 1. The van der Waals surface area contributed by atoms with Gasteiger partial charge in [0.15, 0.2) is 0 Å². The van der Waals surface area contributed by atoms with Gasteiger partial charge in [-0.25, -0.2) is 4.79 Å². The highest BCUT2D eigenvalue weighted by Crippen LogP contribution is 2.60. The van der Waals surface area contributed by atoms with Crippen molar-refractivity contribution in [2.75, 3.05) is 13.2 Å². The number of carbonyl (C=O) groups is 5. The maximum atomic E-state index is 12.8. The number of esters is 1. The van der Waals surface area contributed by atoms with Crippen LogP contribution in [0.4, 0.5) is 0 Å². The number of aliphatic carboxylic acids is 1. The van der Waals surface area contributed by atoms with Crippen LogP contribution >= 0.6 is 0 Å². The van der Waals surface area contributed by atoms with Gasteiger partial charge in [-0.1, -0.05) is 0 Å². The number of imide groups is 1. The average molecular weight is 469 g/mol. The molecule has 0 saturated heterocycles. The predicted octanol–water partition coefficient (Wildman–Crippen LogP) is 2.25. The smallest absolute Gasteiger partial charge is 0.338 e. The average Bonchev–Trinajstić information content (AvgIpc) is 3.00. The Hall–Kier alpha value is -3.23. The first-order valence-electron chi connectivity index (χ1n) is 11.8. The molecule has 6 rings (SSSR count). The van der Waals surface area contributed by atoms with Crippen LogP contribution in [0, 0.1) is 23.2 Å². The summed E-state index contributed by atoms with van der Waals surface area (Å²) in [4.78, 5) is 62.0. The van der Waals surface area contributed by atoms with Crippen molar-refractivity contribution < 1.29 is 33.8 Å². The normalized spacial score (nSPS) is 29.7. The maximum Gasteiger partial charge on any atom is 0.338 e. The molecule has 3 amide bonds. The van der Waals surface area contributed by atoms with Crippen LogP contribution in [0.25, 0.3) is 0 Å². The zero-order chi connectivity index (χ0) is 24.2. The van der Waals surface area contributed by atoms with E-state index in [1.165, 1.54) is 44.4 Å². The second-order valence-electron chi connectivity index (χ2n) is 10.6. The van der Waals surface area contributed by atoms with Crippen molar-refractivity contribution in [1.82, 2.24) is 10.2 Å². The lowest BCUT2D eigenvalue weighted by molar-refractivity contribution is -0.141. The number of carboxylic acid groups (broad SMARTS) is 1. The Morgan fingerprint density at radius 2 is 1.65 bits per heavy atom. The number of ether oxygens (including phenoxy) is 1. The predicted molar refractivity (Wildman–Crippen MR) is 118 cm³/mol. The molecule has 1 aromatic carbocycles. The van der Waals surface area contributed by atoms with Gasteiger partial charge in [-0.05, 0) is 81.4 Å². The molecule has 2 N–H and O–H groups in total. The number of carbonyl (C=O) groups excluding carboxylic acids is 4. The minimum atomic E-state index is -1.23. The molecule has 9 nitrogen and oxygen atoms in total. The van der Waals surface area contributed by atoms with Gasteiger partial charge in [0.25, 0.3) is 11.8 Å². The fraction of sp³-hybridized carbons (Fsp3) is 0.560. The Balaban J connectivity index is 1.24. The standard InChI is InChI=1S/C25H28N2O7/c1-13(23(31)32)26-20(28)11-27-21(29)18-3-2-17(7-19(18)22(27)30)24(33)34-12-25-8-14-4-15(9-25)6-16(5-14)10-25/h2-3,7,13-16H,4-6,8-12H2,1H3,(H,26,28)(H,31,32)/t13-,14?,15?,16?,25?/m0/s1. The topological polar surface area (TPSA) is 130 Å². The van der Waals surface area contributed by atoms with Gasteiger partial charge in [-0.3, -0.25) is 24.1 Å². The van der Waals surface area contributed by atoms with Crippen molar-refractivity contribution in [1.29, 1.82) is 0 Å². The van der Waals surface area contributed by atoms with Crippen LogP contribution < -0.4 is 5.32 Å². The Kier molecular flexibility index (Phi) is 5.45. The van der Waals surface area contributed by atoms with E-state index in [2.05, 4.69) is 5.32 Å². The van der Waals surface area contributed by atoms with E-state index in [1.54, 1.807) is 0 Å². The fourth-order valence-corrected chi connectivity index (χ4v) is 6.82. The third kappa shape index (κ3) is 3.97. The van der Waals surface area contributed by atoms with E-state index in [0.717, 1.165) is 41.9 Å². The first kappa shape index (κ1) is 22.6. The molecule has 4 saturated carbocycles. The SMILES string of the molecule is C[C@H](NC(=O)CN1C(=O)c2ccc(C(=O)OCC34CC5CC(CC(C5)C3)C4)cc2C1=O)C(=O)O. The summed E-state index contributed by atoms with van der Waals surface area (Å²) < 4.78 is 5.72. The van der Waals surface area contributed by atoms with Crippen molar-refractivity contribution in [2.24, 2.45) is 23.2 Å². The third-order valence-electron chi connectivity index (χ3n) is 7.93. The highest BCUT2D eigenvalue weighted by atomic mass is 16.5. The molecule has 0 aromatic heterocycles. The maximum absolute atomic E-state index is 12.8. The summed E-state index contributed by atoms with van der Waals surface area (Å²) in [6.45, 7) is 1.06. The van der Waals surface area contributed by atoms with Crippen molar-refractivity contribution in [2.45, 2.75) is 51.5 Å². The van der Waals surface area contributed by atoms with Gasteiger partial charge in [-0.2, -0.15) is 0 Å². The van der Waals surface area contributed by atoms with Crippen molar-refractivity contribution in [3.8, 4) is 0 Å². The summed E-state index contributed by atoms with van der Waals surface area (Å²) in [5.74, 6) is -1.64. The van der Waals surface area contributed by atoms with Gasteiger partial charge in [0.1, 0.15) is 12.6 Å². The number of benzene rings is 1. The lowest BCUT2D eigenvalue weighted by Gasteiger charge is -2.56. The Bertz CT molecular complexity index is 1060. The quantitative estimate of drug-likeness (QED) is 0.464. The molecule has 4 aliphatic carbocycles. The number of hydrogen-bond acceptors (Lipinski definition) is 6. The third-order valence-corrected chi connectivity index (χ3v) is 7.93. The molecule has 0 radical (unpaired) electrons. The molecule has 0 unspecified atom stereocenters. The minimum absolute atomic E-state index is 0.0355. The van der Waals surface area contributed by atoms with Gasteiger partial charge in [-0.15, -0.1) is 0 Å². The fourth-order valence-electron chi connectivity index (χ4n) is 6.82. The molecule has 9 heteroatoms. The zero-order valence-electron chi connectivity index (χ0n) is 19.0. The number of rotatable bonds is 7. The summed E-state index contributed by atoms with van der Waals surface area (Å²) in [6.07, 6.45) is 7.25. The lowest BCUT2D eigenvalue weighted by atomic mass is 9.50. The van der Waals surface area contributed by atoms with Crippen LogP contribution in [0.5, 0.6) is 0 Å². The lowest BCUT2D eigenvalue weighted by Crippen LogP contribution is -2.48. The second kappa shape index (κ2) is 8.21. The molecular formula is C25H28N2O7. The molecule has 1 atom stereocenters. The molecule has 0 spiro atoms. The molecule has 5 aliphatic rings. The van der Waals surface area contributed by atoms with Crippen LogP contribution in [0.3, 0.4) is 0 Å². The summed E-state index contributed by atoms with van der Waals surface area (Å²) in [5.41, 5.74) is 0.398. The molecule has 1 aliphatic heterocycles. The van der Waals surface area contributed by atoms with Crippen LogP contribution in [0.2, 0.25) is 0 Å². The summed E-state index contributed by atoms with van der Waals surface area (Å²) in [5, 5.41) is 11.1. The molecule has 34 heavy (non-hydrogen) atoms. The van der Waals surface area contributed by atoms with E-state index in [4.69, 9.17) is 9.84 Å². The van der Waals surface area contributed by atoms with Crippen molar-refractivity contribution in [3.63, 3.8) is 0 Å². The van der Waals surface area contributed by atoms with E-state index in [0.29, 0.717) is 6.61 Å². The summed E-state index contributed by atoms with van der Waals surface area (Å²) >= 11 is 0. The second-order valence-corrected chi connectivity index (χ2v) is 10.6. The molecule has 180 valence electrons. The number of amides is 3. The largest absolute Gasteiger partial charge is 0.480 e. The van der Waals surface area contributed by atoms with Gasteiger partial charge >= 0.3 is 11.9 Å².